The van der Waals surface area contributed by atoms with Gasteiger partial charge in [0, 0.05) is 17.3 Å². The minimum atomic E-state index is -0.590. The number of anilines is 1. The first-order valence-electron chi connectivity index (χ1n) is 8.10. The third-order valence-electron chi connectivity index (χ3n) is 4.27. The highest BCUT2D eigenvalue weighted by Crippen LogP contribution is 2.15. The molecule has 3 aromatic rings. The highest BCUT2D eigenvalue weighted by molar-refractivity contribution is 5.93. The standard InChI is InChI=1S/C20H20N2O2/c1-3-15-8-10-17(11-9-15)21-19(23)14(2)22-13-12-16-6-4-5-7-18(16)20(22)24/h4-14H,3H2,1-2H3,(H,21,23). The molecule has 0 bridgehead atoms. The highest BCUT2D eigenvalue weighted by atomic mass is 16.2. The SMILES string of the molecule is CCc1ccc(NC(=O)C(C)n2ccc3ccccc3c2=O)cc1. The minimum absolute atomic E-state index is 0.155. The molecule has 0 saturated heterocycles. The van der Waals surface area contributed by atoms with Gasteiger partial charge < -0.3 is 9.88 Å². The van der Waals surface area contributed by atoms with E-state index in [9.17, 15) is 9.59 Å². The summed E-state index contributed by atoms with van der Waals surface area (Å²) in [5, 5.41) is 4.36. The summed E-state index contributed by atoms with van der Waals surface area (Å²) < 4.78 is 1.47. The number of carbonyl (C=O) groups is 1. The molecule has 3 rings (SSSR count). The largest absolute Gasteiger partial charge is 0.324 e. The van der Waals surface area contributed by atoms with Crippen molar-refractivity contribution in [1.29, 1.82) is 0 Å². The van der Waals surface area contributed by atoms with Crippen molar-refractivity contribution in [3.05, 3.63) is 76.7 Å². The van der Waals surface area contributed by atoms with Crippen LogP contribution in [0.4, 0.5) is 5.69 Å². The van der Waals surface area contributed by atoms with Crippen LogP contribution in [0.25, 0.3) is 10.8 Å². The molecular formula is C20H20N2O2. The van der Waals surface area contributed by atoms with Crippen molar-refractivity contribution in [1.82, 2.24) is 4.57 Å². The summed E-state index contributed by atoms with van der Waals surface area (Å²) in [5.41, 5.74) is 1.79. The van der Waals surface area contributed by atoms with Crippen LogP contribution in [-0.4, -0.2) is 10.5 Å². The number of aromatic nitrogens is 1. The van der Waals surface area contributed by atoms with Crippen LogP contribution in [0.2, 0.25) is 0 Å². The van der Waals surface area contributed by atoms with Crippen molar-refractivity contribution in [2.45, 2.75) is 26.3 Å². The van der Waals surface area contributed by atoms with Crippen LogP contribution in [0.5, 0.6) is 0 Å². The molecule has 122 valence electrons. The lowest BCUT2D eigenvalue weighted by Crippen LogP contribution is -2.31. The molecule has 1 heterocycles. The lowest BCUT2D eigenvalue weighted by atomic mass is 10.1. The van der Waals surface area contributed by atoms with Gasteiger partial charge in [0.2, 0.25) is 5.91 Å². The van der Waals surface area contributed by atoms with Crippen molar-refractivity contribution >= 4 is 22.4 Å². The topological polar surface area (TPSA) is 51.1 Å². The quantitative estimate of drug-likeness (QED) is 0.795. The molecule has 0 radical (unpaired) electrons. The number of nitrogens with zero attached hydrogens (tertiary/aromatic N) is 1. The van der Waals surface area contributed by atoms with E-state index < -0.39 is 6.04 Å². The number of carbonyl (C=O) groups excluding carboxylic acids is 1. The van der Waals surface area contributed by atoms with E-state index in [-0.39, 0.29) is 11.5 Å². The molecule has 1 unspecified atom stereocenters. The molecule has 4 heteroatoms. The molecular weight excluding hydrogens is 300 g/mol. The van der Waals surface area contributed by atoms with Gasteiger partial charge in [-0.05, 0) is 48.6 Å². The Bertz CT molecular complexity index is 926. The Morgan fingerprint density at radius 2 is 1.79 bits per heavy atom. The van der Waals surface area contributed by atoms with Crippen LogP contribution in [-0.2, 0) is 11.2 Å². The Morgan fingerprint density at radius 3 is 2.50 bits per heavy atom. The molecule has 1 atom stereocenters. The molecule has 24 heavy (non-hydrogen) atoms. The highest BCUT2D eigenvalue weighted by Gasteiger charge is 2.17. The van der Waals surface area contributed by atoms with E-state index >= 15 is 0 Å². The number of aryl methyl sites for hydroxylation is 1. The van der Waals surface area contributed by atoms with E-state index in [2.05, 4.69) is 12.2 Å². The summed E-state index contributed by atoms with van der Waals surface area (Å²) in [4.78, 5) is 25.1. The van der Waals surface area contributed by atoms with E-state index in [1.54, 1.807) is 19.2 Å². The first-order valence-corrected chi connectivity index (χ1v) is 8.10. The fraction of sp³-hybridized carbons (Fsp3) is 0.200. The smallest absolute Gasteiger partial charge is 0.259 e. The maximum atomic E-state index is 12.6. The van der Waals surface area contributed by atoms with Crippen LogP contribution < -0.4 is 10.9 Å². The zero-order valence-electron chi connectivity index (χ0n) is 13.8. The van der Waals surface area contributed by atoms with E-state index in [1.807, 2.05) is 48.5 Å². The molecule has 1 N–H and O–H groups in total. The van der Waals surface area contributed by atoms with Crippen molar-refractivity contribution in [3.8, 4) is 0 Å². The van der Waals surface area contributed by atoms with Gasteiger partial charge in [-0.1, -0.05) is 37.3 Å². The molecule has 0 aliphatic heterocycles. The van der Waals surface area contributed by atoms with Crippen LogP contribution >= 0.6 is 0 Å². The van der Waals surface area contributed by atoms with Crippen molar-refractivity contribution in [2.24, 2.45) is 0 Å². The number of fused-ring (bicyclic) bond motifs is 1. The zero-order chi connectivity index (χ0) is 17.1. The number of hydrogen-bond donors (Lipinski definition) is 1. The second-order valence-corrected chi connectivity index (χ2v) is 5.83. The second kappa shape index (κ2) is 6.71. The normalized spacial score (nSPS) is 12.1. The van der Waals surface area contributed by atoms with Crippen LogP contribution in [0.15, 0.2) is 65.6 Å². The summed E-state index contributed by atoms with van der Waals surface area (Å²) >= 11 is 0. The fourth-order valence-corrected chi connectivity index (χ4v) is 2.71. The predicted molar refractivity (Wildman–Crippen MR) is 97.4 cm³/mol. The van der Waals surface area contributed by atoms with Crippen LogP contribution in [0.1, 0.15) is 25.5 Å². The Morgan fingerprint density at radius 1 is 1.08 bits per heavy atom. The molecule has 1 amide bonds. The molecule has 2 aromatic carbocycles. The second-order valence-electron chi connectivity index (χ2n) is 5.83. The monoisotopic (exact) mass is 320 g/mol. The van der Waals surface area contributed by atoms with Gasteiger partial charge in [-0.25, -0.2) is 0 Å². The van der Waals surface area contributed by atoms with Crippen molar-refractivity contribution < 1.29 is 4.79 Å². The predicted octanol–water partition coefficient (Wildman–Crippen LogP) is 3.76. The number of benzene rings is 2. The molecule has 0 aliphatic rings. The summed E-state index contributed by atoms with van der Waals surface area (Å²) in [7, 11) is 0. The molecule has 0 spiro atoms. The molecule has 0 aliphatic carbocycles. The Balaban J connectivity index is 1.85. The first-order chi connectivity index (χ1) is 11.6. The Hall–Kier alpha value is -2.88. The van der Waals surface area contributed by atoms with Gasteiger partial charge in [-0.2, -0.15) is 0 Å². The lowest BCUT2D eigenvalue weighted by Gasteiger charge is -2.16. The number of nitrogens with one attached hydrogen (secondary N) is 1. The summed E-state index contributed by atoms with van der Waals surface area (Å²) in [5.74, 6) is -0.211. The van der Waals surface area contributed by atoms with Crippen molar-refractivity contribution in [2.75, 3.05) is 5.32 Å². The fourth-order valence-electron chi connectivity index (χ4n) is 2.71. The maximum Gasteiger partial charge on any atom is 0.259 e. The van der Waals surface area contributed by atoms with Gasteiger partial charge in [-0.3, -0.25) is 9.59 Å². The number of amides is 1. The minimum Gasteiger partial charge on any atom is -0.324 e. The number of hydrogen-bond acceptors (Lipinski definition) is 2. The van der Waals surface area contributed by atoms with Crippen LogP contribution in [0, 0.1) is 0 Å². The van der Waals surface area contributed by atoms with Gasteiger partial charge in [0.1, 0.15) is 6.04 Å². The van der Waals surface area contributed by atoms with E-state index in [4.69, 9.17) is 0 Å². The molecule has 4 nitrogen and oxygen atoms in total. The Kier molecular flexibility index (Phi) is 4.47. The zero-order valence-corrected chi connectivity index (χ0v) is 13.8. The van der Waals surface area contributed by atoms with E-state index in [1.165, 1.54) is 10.1 Å². The third-order valence-corrected chi connectivity index (χ3v) is 4.27. The summed E-state index contributed by atoms with van der Waals surface area (Å²) in [6.07, 6.45) is 2.63. The van der Waals surface area contributed by atoms with Crippen molar-refractivity contribution in [3.63, 3.8) is 0 Å². The average molecular weight is 320 g/mol. The number of pyridine rings is 1. The maximum absolute atomic E-state index is 12.6. The average Bonchev–Trinajstić information content (AvgIpc) is 2.62. The molecule has 1 aromatic heterocycles. The third kappa shape index (κ3) is 3.08. The van der Waals surface area contributed by atoms with Gasteiger partial charge in [0.05, 0.1) is 0 Å². The van der Waals surface area contributed by atoms with Crippen LogP contribution in [0.3, 0.4) is 0 Å². The molecule has 0 saturated carbocycles. The number of rotatable bonds is 4. The van der Waals surface area contributed by atoms with E-state index in [0.717, 1.165) is 17.5 Å². The Labute approximate surface area is 140 Å². The van der Waals surface area contributed by atoms with E-state index in [0.29, 0.717) is 5.39 Å². The summed E-state index contributed by atoms with van der Waals surface area (Å²) in [6.45, 7) is 3.81. The summed E-state index contributed by atoms with van der Waals surface area (Å²) in [6, 6.07) is 16.4. The van der Waals surface area contributed by atoms with Gasteiger partial charge in [0.25, 0.3) is 5.56 Å². The van der Waals surface area contributed by atoms with Gasteiger partial charge in [0.15, 0.2) is 0 Å². The van der Waals surface area contributed by atoms with Gasteiger partial charge >= 0.3 is 0 Å². The first kappa shape index (κ1) is 16.0. The van der Waals surface area contributed by atoms with Gasteiger partial charge in [-0.15, -0.1) is 0 Å². The lowest BCUT2D eigenvalue weighted by molar-refractivity contribution is -0.118. The molecule has 0 fully saturated rings.